The number of aliphatic hydroxyl groups is 1. The van der Waals surface area contributed by atoms with E-state index in [0.717, 1.165) is 6.07 Å². The highest BCUT2D eigenvalue weighted by atomic mass is 16.6. The fourth-order valence-corrected chi connectivity index (χ4v) is 1.70. The number of nitrogens with zero attached hydrogens (tertiary/aromatic N) is 2. The maximum Gasteiger partial charge on any atom is 0.307 e. The van der Waals surface area contributed by atoms with Crippen LogP contribution < -0.4 is 0 Å². The molecule has 1 rings (SSSR count). The number of carbonyl (C=O) groups is 2. The minimum absolute atomic E-state index is 0.0167. The van der Waals surface area contributed by atoms with Crippen molar-refractivity contribution in [3.8, 4) is 0 Å². The zero-order valence-corrected chi connectivity index (χ0v) is 11.5. The monoisotopic (exact) mass is 296 g/mol. The molecule has 114 valence electrons. The lowest BCUT2D eigenvalue weighted by Gasteiger charge is -2.21. The maximum atomic E-state index is 12.3. The first-order chi connectivity index (χ1) is 9.99. The van der Waals surface area contributed by atoms with Gasteiger partial charge in [0.1, 0.15) is 0 Å². The molecule has 0 heterocycles. The smallest absolute Gasteiger partial charge is 0.307 e. The van der Waals surface area contributed by atoms with Gasteiger partial charge in [0.2, 0.25) is 0 Å². The van der Waals surface area contributed by atoms with E-state index in [1.807, 2.05) is 0 Å². The number of rotatable bonds is 7. The van der Waals surface area contributed by atoms with Crippen molar-refractivity contribution in [2.75, 3.05) is 26.8 Å². The molecular weight excluding hydrogens is 280 g/mol. The van der Waals surface area contributed by atoms with Crippen molar-refractivity contribution >= 4 is 17.6 Å². The number of nitro benzene ring substituents is 1. The van der Waals surface area contributed by atoms with E-state index in [-0.39, 0.29) is 37.4 Å². The molecule has 0 saturated carbocycles. The maximum absolute atomic E-state index is 12.3. The molecule has 0 aliphatic carbocycles. The topological polar surface area (TPSA) is 110 Å². The Hall–Kier alpha value is -2.48. The lowest BCUT2D eigenvalue weighted by Crippen LogP contribution is -2.35. The van der Waals surface area contributed by atoms with Gasteiger partial charge in [-0.15, -0.1) is 0 Å². The van der Waals surface area contributed by atoms with Gasteiger partial charge in [0.15, 0.2) is 0 Å². The molecule has 0 saturated heterocycles. The number of nitro groups is 1. The number of benzene rings is 1. The second-order valence-corrected chi connectivity index (χ2v) is 4.15. The summed E-state index contributed by atoms with van der Waals surface area (Å²) in [6, 6.07) is 5.28. The van der Waals surface area contributed by atoms with Gasteiger partial charge in [-0.3, -0.25) is 19.7 Å². The second kappa shape index (κ2) is 7.95. The summed E-state index contributed by atoms with van der Waals surface area (Å²) < 4.78 is 4.49. The van der Waals surface area contributed by atoms with Crippen molar-refractivity contribution < 1.29 is 24.4 Å². The standard InChI is InChI=1S/C13H16N2O6/c1-21-12(17)5-6-14(7-8-16)13(18)10-3-2-4-11(9-10)15(19)20/h2-4,9,16H,5-8H2,1H3. The van der Waals surface area contributed by atoms with E-state index in [1.165, 1.54) is 30.2 Å². The van der Waals surface area contributed by atoms with Crippen molar-refractivity contribution in [1.29, 1.82) is 0 Å². The number of esters is 1. The lowest BCUT2D eigenvalue weighted by molar-refractivity contribution is -0.384. The molecule has 0 aliphatic heterocycles. The third-order valence-corrected chi connectivity index (χ3v) is 2.77. The number of aliphatic hydroxyl groups excluding tert-OH is 1. The van der Waals surface area contributed by atoms with E-state index >= 15 is 0 Å². The zero-order chi connectivity index (χ0) is 15.8. The second-order valence-electron chi connectivity index (χ2n) is 4.15. The van der Waals surface area contributed by atoms with Crippen molar-refractivity contribution in [2.45, 2.75) is 6.42 Å². The first kappa shape index (κ1) is 16.6. The SMILES string of the molecule is COC(=O)CCN(CCO)C(=O)c1cccc([N+](=O)[O-])c1. The van der Waals surface area contributed by atoms with Crippen molar-refractivity contribution in [3.05, 3.63) is 39.9 Å². The molecular formula is C13H16N2O6. The van der Waals surface area contributed by atoms with Gasteiger partial charge in [0, 0.05) is 30.8 Å². The van der Waals surface area contributed by atoms with Crippen LogP contribution in [0.5, 0.6) is 0 Å². The van der Waals surface area contributed by atoms with Crippen LogP contribution in [0.25, 0.3) is 0 Å². The number of amides is 1. The average Bonchev–Trinajstić information content (AvgIpc) is 2.50. The highest BCUT2D eigenvalue weighted by Gasteiger charge is 2.18. The molecule has 8 heteroatoms. The Bertz CT molecular complexity index is 531. The molecule has 0 aromatic heterocycles. The lowest BCUT2D eigenvalue weighted by atomic mass is 10.1. The first-order valence-corrected chi connectivity index (χ1v) is 6.21. The Kier molecular flexibility index (Phi) is 6.28. The summed E-state index contributed by atoms with van der Waals surface area (Å²) in [5.74, 6) is -0.971. The zero-order valence-electron chi connectivity index (χ0n) is 11.5. The minimum atomic E-state index is -0.596. The van der Waals surface area contributed by atoms with Gasteiger partial charge in [-0.25, -0.2) is 0 Å². The normalized spacial score (nSPS) is 10.0. The third-order valence-electron chi connectivity index (χ3n) is 2.77. The van der Waals surface area contributed by atoms with Crippen LogP contribution >= 0.6 is 0 Å². The van der Waals surface area contributed by atoms with Gasteiger partial charge in [-0.2, -0.15) is 0 Å². The summed E-state index contributed by atoms with van der Waals surface area (Å²) in [4.78, 5) is 34.7. The Morgan fingerprint density at radius 3 is 2.67 bits per heavy atom. The van der Waals surface area contributed by atoms with Crippen molar-refractivity contribution in [2.24, 2.45) is 0 Å². The molecule has 8 nitrogen and oxygen atoms in total. The molecule has 0 unspecified atom stereocenters. The number of ether oxygens (including phenoxy) is 1. The van der Waals surface area contributed by atoms with Crippen LogP contribution in [0.1, 0.15) is 16.8 Å². The number of non-ortho nitro benzene ring substituents is 1. The van der Waals surface area contributed by atoms with Crippen molar-refractivity contribution in [1.82, 2.24) is 4.90 Å². The molecule has 1 aromatic carbocycles. The van der Waals surface area contributed by atoms with Crippen LogP contribution in [-0.2, 0) is 9.53 Å². The Morgan fingerprint density at radius 1 is 1.38 bits per heavy atom. The van der Waals surface area contributed by atoms with Crippen LogP contribution in [0.4, 0.5) is 5.69 Å². The number of hydrogen-bond donors (Lipinski definition) is 1. The van der Waals surface area contributed by atoms with Gasteiger partial charge >= 0.3 is 5.97 Å². The fraction of sp³-hybridized carbons (Fsp3) is 0.385. The van der Waals surface area contributed by atoms with Crippen LogP contribution in [0.3, 0.4) is 0 Å². The molecule has 0 radical (unpaired) electrons. The molecule has 0 atom stereocenters. The van der Waals surface area contributed by atoms with Crippen LogP contribution in [-0.4, -0.2) is 53.6 Å². The van der Waals surface area contributed by atoms with Gasteiger partial charge in [0.05, 0.1) is 25.1 Å². The average molecular weight is 296 g/mol. The Labute approximate surface area is 121 Å². The van der Waals surface area contributed by atoms with E-state index in [9.17, 15) is 19.7 Å². The van der Waals surface area contributed by atoms with Crippen LogP contribution in [0, 0.1) is 10.1 Å². The molecule has 0 aliphatic rings. The molecule has 0 spiro atoms. The van der Waals surface area contributed by atoms with Gasteiger partial charge in [0.25, 0.3) is 11.6 Å². The third kappa shape index (κ3) is 4.84. The Balaban J connectivity index is 2.87. The summed E-state index contributed by atoms with van der Waals surface area (Å²) in [6.07, 6.45) is -0.0167. The predicted octanol–water partition coefficient (Wildman–Crippen LogP) is 0.592. The molecule has 1 amide bonds. The molecule has 21 heavy (non-hydrogen) atoms. The molecule has 0 fully saturated rings. The minimum Gasteiger partial charge on any atom is -0.469 e. The Morgan fingerprint density at radius 2 is 2.10 bits per heavy atom. The van der Waals surface area contributed by atoms with Gasteiger partial charge in [-0.1, -0.05) is 6.07 Å². The summed E-state index contributed by atoms with van der Waals surface area (Å²) in [6.45, 7) is -0.185. The van der Waals surface area contributed by atoms with Crippen LogP contribution in [0.2, 0.25) is 0 Å². The van der Waals surface area contributed by atoms with E-state index in [2.05, 4.69) is 4.74 Å². The molecule has 1 aromatic rings. The van der Waals surface area contributed by atoms with Crippen molar-refractivity contribution in [3.63, 3.8) is 0 Å². The van der Waals surface area contributed by atoms with E-state index in [0.29, 0.717) is 0 Å². The van der Waals surface area contributed by atoms with Crippen LogP contribution in [0.15, 0.2) is 24.3 Å². The van der Waals surface area contributed by atoms with E-state index in [4.69, 9.17) is 5.11 Å². The summed E-state index contributed by atoms with van der Waals surface area (Å²) in [7, 11) is 1.24. The highest BCUT2D eigenvalue weighted by Crippen LogP contribution is 2.15. The number of carbonyl (C=O) groups excluding carboxylic acids is 2. The van der Waals surface area contributed by atoms with Gasteiger partial charge < -0.3 is 14.7 Å². The summed E-state index contributed by atoms with van der Waals surface area (Å²) >= 11 is 0. The molecule has 1 N–H and O–H groups in total. The summed E-state index contributed by atoms with van der Waals surface area (Å²) in [5.41, 5.74) is -0.0692. The number of hydrogen-bond acceptors (Lipinski definition) is 6. The first-order valence-electron chi connectivity index (χ1n) is 6.21. The quantitative estimate of drug-likeness (QED) is 0.448. The predicted molar refractivity (Wildman–Crippen MR) is 72.7 cm³/mol. The number of methoxy groups -OCH3 is 1. The van der Waals surface area contributed by atoms with Gasteiger partial charge in [-0.05, 0) is 6.07 Å². The fourth-order valence-electron chi connectivity index (χ4n) is 1.70. The molecule has 0 bridgehead atoms. The van der Waals surface area contributed by atoms with E-state index < -0.39 is 16.8 Å². The summed E-state index contributed by atoms with van der Waals surface area (Å²) in [5, 5.41) is 19.7. The van der Waals surface area contributed by atoms with E-state index in [1.54, 1.807) is 0 Å². The highest BCUT2D eigenvalue weighted by molar-refractivity contribution is 5.95. The largest absolute Gasteiger partial charge is 0.469 e.